The minimum absolute atomic E-state index is 0.199. The Bertz CT molecular complexity index is 209. The molecule has 0 spiro atoms. The van der Waals surface area contributed by atoms with Crippen molar-refractivity contribution in [3.8, 4) is 0 Å². The molecule has 0 radical (unpaired) electrons. The number of nitrogens with zero attached hydrogens (tertiary/aromatic N) is 1. The molecule has 4 heteroatoms. The standard InChI is InChI=1S/C11H20FNO2/c1-9(7-11(14)15)10-3-2-5-13(8-10)6-4-12/h9-10H,2-8H2,1H3,(H,14,15). The Morgan fingerprint density at radius 2 is 2.40 bits per heavy atom. The summed E-state index contributed by atoms with van der Waals surface area (Å²) in [4.78, 5) is 12.7. The maximum absolute atomic E-state index is 12.2. The van der Waals surface area contributed by atoms with E-state index in [0.717, 1.165) is 25.9 Å². The zero-order valence-electron chi connectivity index (χ0n) is 9.29. The molecule has 2 atom stereocenters. The highest BCUT2D eigenvalue weighted by Gasteiger charge is 2.25. The zero-order chi connectivity index (χ0) is 11.3. The maximum Gasteiger partial charge on any atom is 0.303 e. The van der Waals surface area contributed by atoms with Crippen molar-refractivity contribution in [2.75, 3.05) is 26.3 Å². The fourth-order valence-electron chi connectivity index (χ4n) is 2.32. The average molecular weight is 217 g/mol. The second kappa shape index (κ2) is 6.05. The van der Waals surface area contributed by atoms with Gasteiger partial charge in [0.2, 0.25) is 0 Å². The Morgan fingerprint density at radius 3 is 3.00 bits per heavy atom. The molecule has 0 aliphatic carbocycles. The molecule has 0 bridgehead atoms. The predicted octanol–water partition coefficient (Wildman–Crippen LogP) is 1.78. The third-order valence-corrected chi connectivity index (χ3v) is 3.24. The maximum atomic E-state index is 12.2. The Hall–Kier alpha value is -0.640. The number of carbonyl (C=O) groups is 1. The summed E-state index contributed by atoms with van der Waals surface area (Å²) >= 11 is 0. The highest BCUT2D eigenvalue weighted by atomic mass is 19.1. The number of hydrogen-bond donors (Lipinski definition) is 1. The molecular formula is C11H20FNO2. The summed E-state index contributed by atoms with van der Waals surface area (Å²) < 4.78 is 12.2. The van der Waals surface area contributed by atoms with E-state index in [1.165, 1.54) is 0 Å². The lowest BCUT2D eigenvalue weighted by Gasteiger charge is -2.34. The second-order valence-electron chi connectivity index (χ2n) is 4.47. The molecule has 1 aliphatic rings. The molecule has 0 aromatic rings. The Morgan fingerprint density at radius 1 is 1.67 bits per heavy atom. The molecule has 2 unspecified atom stereocenters. The van der Waals surface area contributed by atoms with Crippen molar-refractivity contribution in [1.82, 2.24) is 4.90 Å². The largest absolute Gasteiger partial charge is 0.481 e. The van der Waals surface area contributed by atoms with Gasteiger partial charge in [0.1, 0.15) is 6.67 Å². The summed E-state index contributed by atoms with van der Waals surface area (Å²) in [5.41, 5.74) is 0. The minimum atomic E-state index is -0.731. The first-order valence-electron chi connectivity index (χ1n) is 5.63. The van der Waals surface area contributed by atoms with Crippen LogP contribution in [0.3, 0.4) is 0 Å². The Labute approximate surface area is 90.3 Å². The van der Waals surface area contributed by atoms with Crippen LogP contribution in [0.4, 0.5) is 4.39 Å². The number of halogens is 1. The lowest BCUT2D eigenvalue weighted by atomic mass is 9.85. The first-order chi connectivity index (χ1) is 7.13. The van der Waals surface area contributed by atoms with Crippen LogP contribution in [0.2, 0.25) is 0 Å². The second-order valence-corrected chi connectivity index (χ2v) is 4.47. The number of piperidine rings is 1. The van der Waals surface area contributed by atoms with E-state index in [2.05, 4.69) is 4.90 Å². The topological polar surface area (TPSA) is 40.5 Å². The van der Waals surface area contributed by atoms with Crippen LogP contribution in [0, 0.1) is 11.8 Å². The lowest BCUT2D eigenvalue weighted by molar-refractivity contribution is -0.138. The predicted molar refractivity (Wildman–Crippen MR) is 56.6 cm³/mol. The van der Waals surface area contributed by atoms with Crippen LogP contribution in [-0.4, -0.2) is 42.3 Å². The van der Waals surface area contributed by atoms with Gasteiger partial charge in [-0.15, -0.1) is 0 Å². The van der Waals surface area contributed by atoms with E-state index in [9.17, 15) is 9.18 Å². The van der Waals surface area contributed by atoms with Gasteiger partial charge in [0.05, 0.1) is 0 Å². The molecule has 15 heavy (non-hydrogen) atoms. The Kier molecular flexibility index (Phi) is 5.02. The third-order valence-electron chi connectivity index (χ3n) is 3.24. The molecule has 0 aromatic carbocycles. The van der Waals surface area contributed by atoms with Gasteiger partial charge in [0.25, 0.3) is 0 Å². The van der Waals surface area contributed by atoms with Crippen molar-refractivity contribution < 1.29 is 14.3 Å². The van der Waals surface area contributed by atoms with Crippen LogP contribution in [0.5, 0.6) is 0 Å². The molecule has 88 valence electrons. The third kappa shape index (κ3) is 4.16. The van der Waals surface area contributed by atoms with E-state index in [4.69, 9.17) is 5.11 Å². The van der Waals surface area contributed by atoms with Gasteiger partial charge in [0, 0.05) is 19.5 Å². The van der Waals surface area contributed by atoms with Crippen LogP contribution in [0.1, 0.15) is 26.2 Å². The fourth-order valence-corrected chi connectivity index (χ4v) is 2.32. The van der Waals surface area contributed by atoms with Crippen LogP contribution in [0.25, 0.3) is 0 Å². The summed E-state index contributed by atoms with van der Waals surface area (Å²) in [6.07, 6.45) is 2.37. The molecule has 0 saturated carbocycles. The summed E-state index contributed by atoms with van der Waals surface area (Å²) in [5, 5.41) is 8.71. The molecule has 1 N–H and O–H groups in total. The SMILES string of the molecule is CC(CC(=O)O)C1CCCN(CCF)C1. The van der Waals surface area contributed by atoms with Crippen molar-refractivity contribution in [2.45, 2.75) is 26.2 Å². The van der Waals surface area contributed by atoms with Gasteiger partial charge >= 0.3 is 5.97 Å². The molecule has 1 heterocycles. The number of hydrogen-bond acceptors (Lipinski definition) is 2. The highest BCUT2D eigenvalue weighted by Crippen LogP contribution is 2.25. The Balaban J connectivity index is 2.37. The molecule has 1 aliphatic heterocycles. The van der Waals surface area contributed by atoms with Gasteiger partial charge in [-0.3, -0.25) is 4.79 Å². The quantitative estimate of drug-likeness (QED) is 0.763. The first-order valence-corrected chi connectivity index (χ1v) is 5.63. The van der Waals surface area contributed by atoms with E-state index >= 15 is 0 Å². The zero-order valence-corrected chi connectivity index (χ0v) is 9.29. The van der Waals surface area contributed by atoms with Crippen LogP contribution in [-0.2, 0) is 4.79 Å². The number of likely N-dealkylation sites (tertiary alicyclic amines) is 1. The van der Waals surface area contributed by atoms with Gasteiger partial charge in [-0.2, -0.15) is 0 Å². The van der Waals surface area contributed by atoms with Crippen LogP contribution in [0.15, 0.2) is 0 Å². The van der Waals surface area contributed by atoms with Crippen molar-refractivity contribution in [3.05, 3.63) is 0 Å². The highest BCUT2D eigenvalue weighted by molar-refractivity contribution is 5.66. The summed E-state index contributed by atoms with van der Waals surface area (Å²) in [5.74, 6) is -0.114. The molecular weight excluding hydrogens is 197 g/mol. The molecule has 1 saturated heterocycles. The average Bonchev–Trinajstić information content (AvgIpc) is 2.17. The van der Waals surface area contributed by atoms with Crippen LogP contribution < -0.4 is 0 Å². The van der Waals surface area contributed by atoms with E-state index < -0.39 is 5.97 Å². The molecule has 1 fully saturated rings. The number of carboxylic acid groups (broad SMARTS) is 1. The monoisotopic (exact) mass is 217 g/mol. The van der Waals surface area contributed by atoms with Gasteiger partial charge < -0.3 is 10.0 Å². The summed E-state index contributed by atoms with van der Waals surface area (Å²) in [7, 11) is 0. The normalized spacial score (nSPS) is 25.1. The lowest BCUT2D eigenvalue weighted by Crippen LogP contribution is -2.39. The van der Waals surface area contributed by atoms with Gasteiger partial charge in [-0.25, -0.2) is 4.39 Å². The summed E-state index contributed by atoms with van der Waals surface area (Å²) in [6, 6.07) is 0. The van der Waals surface area contributed by atoms with Crippen LogP contribution >= 0.6 is 0 Å². The van der Waals surface area contributed by atoms with E-state index in [-0.39, 0.29) is 19.0 Å². The van der Waals surface area contributed by atoms with E-state index in [1.807, 2.05) is 6.92 Å². The van der Waals surface area contributed by atoms with Crippen molar-refractivity contribution in [2.24, 2.45) is 11.8 Å². The number of rotatable bonds is 5. The smallest absolute Gasteiger partial charge is 0.303 e. The molecule has 1 rings (SSSR count). The number of aliphatic carboxylic acids is 1. The van der Waals surface area contributed by atoms with Crippen molar-refractivity contribution in [1.29, 1.82) is 0 Å². The number of alkyl halides is 1. The van der Waals surface area contributed by atoms with Crippen molar-refractivity contribution >= 4 is 5.97 Å². The van der Waals surface area contributed by atoms with Gasteiger partial charge in [0.15, 0.2) is 0 Å². The van der Waals surface area contributed by atoms with Gasteiger partial charge in [-0.1, -0.05) is 6.92 Å². The minimum Gasteiger partial charge on any atom is -0.481 e. The van der Waals surface area contributed by atoms with Crippen molar-refractivity contribution in [3.63, 3.8) is 0 Å². The van der Waals surface area contributed by atoms with Gasteiger partial charge in [-0.05, 0) is 31.2 Å². The summed E-state index contributed by atoms with van der Waals surface area (Å²) in [6.45, 7) is 3.99. The molecule has 3 nitrogen and oxygen atoms in total. The molecule has 0 amide bonds. The molecule has 0 aromatic heterocycles. The van der Waals surface area contributed by atoms with E-state index in [1.54, 1.807) is 0 Å². The number of carboxylic acids is 1. The van der Waals surface area contributed by atoms with E-state index in [0.29, 0.717) is 12.5 Å². The first kappa shape index (κ1) is 12.4. The fraction of sp³-hybridized carbons (Fsp3) is 0.909.